The van der Waals surface area contributed by atoms with Gasteiger partial charge in [0.05, 0.1) is 13.2 Å². The van der Waals surface area contributed by atoms with E-state index in [4.69, 9.17) is 9.47 Å². The van der Waals surface area contributed by atoms with Crippen LogP contribution in [0.5, 0.6) is 0 Å². The molecule has 0 saturated heterocycles. The second-order valence-corrected chi connectivity index (χ2v) is 8.67. The molecule has 0 bridgehead atoms. The third-order valence-corrected chi connectivity index (χ3v) is 4.39. The van der Waals surface area contributed by atoms with Crippen molar-refractivity contribution in [2.24, 2.45) is 5.92 Å². The van der Waals surface area contributed by atoms with Crippen LogP contribution in [0.15, 0.2) is 30.3 Å². The van der Waals surface area contributed by atoms with Gasteiger partial charge in [-0.3, -0.25) is 9.59 Å². The van der Waals surface area contributed by atoms with Crippen LogP contribution < -0.4 is 10.6 Å². The summed E-state index contributed by atoms with van der Waals surface area (Å²) in [6, 6.07) is 7.61. The maximum absolute atomic E-state index is 12.6. The number of amides is 2. The number of hydrogen-bond donors (Lipinski definition) is 2. The van der Waals surface area contributed by atoms with Gasteiger partial charge in [-0.15, -0.1) is 0 Å². The van der Waals surface area contributed by atoms with Crippen molar-refractivity contribution in [3.63, 3.8) is 0 Å². The maximum Gasteiger partial charge on any atom is 0.408 e. The molecule has 0 spiro atoms. The molecule has 2 N–H and O–H groups in total. The molecule has 0 aromatic heterocycles. The molecule has 0 aliphatic carbocycles. The molecule has 0 unspecified atom stereocenters. The number of nitrogens with one attached hydrogen (secondary N) is 2. The monoisotopic (exact) mass is 434 g/mol. The molecule has 8 nitrogen and oxygen atoms in total. The van der Waals surface area contributed by atoms with Crippen LogP contribution in [0.2, 0.25) is 0 Å². The number of carbonyl (C=O) groups is 4. The zero-order chi connectivity index (χ0) is 23.6. The minimum atomic E-state index is -0.851. The largest absolute Gasteiger partial charge is 0.467 e. The minimum Gasteiger partial charge on any atom is -0.467 e. The van der Waals surface area contributed by atoms with Crippen LogP contribution >= 0.6 is 0 Å². The van der Waals surface area contributed by atoms with Crippen LogP contribution in [0.1, 0.15) is 53.0 Å². The molecule has 0 fully saturated rings. The smallest absolute Gasteiger partial charge is 0.408 e. The molecule has 2 amide bonds. The quantitative estimate of drug-likeness (QED) is 0.548. The topological polar surface area (TPSA) is 111 Å². The molecule has 0 heterocycles. The summed E-state index contributed by atoms with van der Waals surface area (Å²) >= 11 is 0. The lowest BCUT2D eigenvalue weighted by Crippen LogP contribution is -2.47. The number of ketones is 1. The summed E-state index contributed by atoms with van der Waals surface area (Å²) in [5, 5.41) is 5.21. The molecule has 0 saturated carbocycles. The van der Waals surface area contributed by atoms with E-state index in [9.17, 15) is 19.2 Å². The first-order valence-electron chi connectivity index (χ1n) is 10.4. The number of Topliss-reactive ketones (excluding diaryl/α,β-unsaturated/α-hetero) is 1. The fourth-order valence-electron chi connectivity index (χ4n) is 2.90. The zero-order valence-corrected chi connectivity index (χ0v) is 19.2. The van der Waals surface area contributed by atoms with Crippen LogP contribution in [-0.2, 0) is 30.3 Å². The van der Waals surface area contributed by atoms with Gasteiger partial charge in [-0.2, -0.15) is 0 Å². The first-order chi connectivity index (χ1) is 14.4. The molecular formula is C23H34N2O6. The Hall–Kier alpha value is -2.90. The van der Waals surface area contributed by atoms with Crippen LogP contribution in [0.4, 0.5) is 4.79 Å². The SMILES string of the molecule is COC(=O)[C@@H](Cc1ccccc1)NC(=O)CCC(=O)[C@@H](NC(=O)OC(C)(C)C)C(C)C. The second-order valence-electron chi connectivity index (χ2n) is 8.67. The third kappa shape index (κ3) is 10.1. The standard InChI is InChI=1S/C23H34N2O6/c1-15(2)20(25-22(29)31-23(3,4)5)18(26)12-13-19(27)24-17(21(28)30-6)14-16-10-8-7-9-11-16/h7-11,15,17,20H,12-14H2,1-6H3,(H,24,27)(H,25,29)/t17-,20+/m1/s1. The summed E-state index contributed by atoms with van der Waals surface area (Å²) in [6.07, 6.45) is -0.593. The number of ether oxygens (including phenoxy) is 2. The number of esters is 1. The average Bonchev–Trinajstić information content (AvgIpc) is 2.68. The Morgan fingerprint density at radius 3 is 2.10 bits per heavy atom. The lowest BCUT2D eigenvalue weighted by atomic mass is 9.97. The fourth-order valence-corrected chi connectivity index (χ4v) is 2.90. The Kier molecular flexibility index (Phi) is 10.2. The van der Waals surface area contributed by atoms with Crippen molar-refractivity contribution in [1.29, 1.82) is 0 Å². The maximum atomic E-state index is 12.6. The molecule has 1 aromatic rings. The van der Waals surface area contributed by atoms with Gasteiger partial charge in [0.25, 0.3) is 0 Å². The van der Waals surface area contributed by atoms with E-state index in [0.717, 1.165) is 5.56 Å². The molecular weight excluding hydrogens is 400 g/mol. The highest BCUT2D eigenvalue weighted by Gasteiger charge is 2.28. The molecule has 8 heteroatoms. The van der Waals surface area contributed by atoms with Gasteiger partial charge < -0.3 is 20.1 Å². The first-order valence-corrected chi connectivity index (χ1v) is 10.4. The lowest BCUT2D eigenvalue weighted by molar-refractivity contribution is -0.145. The van der Waals surface area contributed by atoms with Gasteiger partial charge in [-0.1, -0.05) is 44.2 Å². The van der Waals surface area contributed by atoms with E-state index < -0.39 is 35.7 Å². The summed E-state index contributed by atoms with van der Waals surface area (Å²) in [7, 11) is 1.26. The van der Waals surface area contributed by atoms with Gasteiger partial charge in [0.2, 0.25) is 5.91 Å². The number of carbonyl (C=O) groups excluding carboxylic acids is 4. The van der Waals surface area contributed by atoms with E-state index in [1.165, 1.54) is 7.11 Å². The molecule has 2 atom stereocenters. The zero-order valence-electron chi connectivity index (χ0n) is 19.2. The lowest BCUT2D eigenvalue weighted by Gasteiger charge is -2.25. The van der Waals surface area contributed by atoms with Gasteiger partial charge in [0.1, 0.15) is 11.6 Å². The van der Waals surface area contributed by atoms with E-state index in [1.54, 1.807) is 34.6 Å². The molecule has 31 heavy (non-hydrogen) atoms. The van der Waals surface area contributed by atoms with E-state index in [1.807, 2.05) is 30.3 Å². The molecule has 172 valence electrons. The Morgan fingerprint density at radius 2 is 1.58 bits per heavy atom. The Bertz CT molecular complexity index is 755. The molecule has 1 rings (SSSR count). The van der Waals surface area contributed by atoms with Crippen molar-refractivity contribution in [1.82, 2.24) is 10.6 Å². The second kappa shape index (κ2) is 12.1. The Balaban J connectivity index is 2.66. The first kappa shape index (κ1) is 26.1. The molecule has 0 radical (unpaired) electrons. The summed E-state index contributed by atoms with van der Waals surface area (Å²) in [5.74, 6) is -1.47. The van der Waals surface area contributed by atoms with Gasteiger partial charge in [-0.05, 0) is 32.3 Å². The van der Waals surface area contributed by atoms with E-state index in [2.05, 4.69) is 10.6 Å². The Labute approximate surface area is 184 Å². The normalized spacial score (nSPS) is 13.1. The van der Waals surface area contributed by atoms with Crippen LogP contribution in [0.25, 0.3) is 0 Å². The van der Waals surface area contributed by atoms with E-state index in [-0.39, 0.29) is 31.0 Å². The number of rotatable bonds is 10. The summed E-state index contributed by atoms with van der Waals surface area (Å²) in [5.41, 5.74) is 0.187. The van der Waals surface area contributed by atoms with Crippen molar-refractivity contribution in [2.75, 3.05) is 7.11 Å². The number of benzene rings is 1. The van der Waals surface area contributed by atoms with Crippen molar-refractivity contribution in [3.8, 4) is 0 Å². The number of alkyl carbamates (subject to hydrolysis) is 1. The van der Waals surface area contributed by atoms with Gasteiger partial charge >= 0.3 is 12.1 Å². The van der Waals surface area contributed by atoms with Gasteiger partial charge in [-0.25, -0.2) is 9.59 Å². The van der Waals surface area contributed by atoms with Crippen molar-refractivity contribution in [3.05, 3.63) is 35.9 Å². The predicted molar refractivity (Wildman–Crippen MR) is 116 cm³/mol. The fraction of sp³-hybridized carbons (Fsp3) is 0.565. The third-order valence-electron chi connectivity index (χ3n) is 4.39. The van der Waals surface area contributed by atoms with Crippen molar-refractivity contribution >= 4 is 23.8 Å². The van der Waals surface area contributed by atoms with Crippen LogP contribution in [-0.4, -0.2) is 48.5 Å². The number of methoxy groups -OCH3 is 1. The summed E-state index contributed by atoms with van der Waals surface area (Å²) in [4.78, 5) is 49.1. The summed E-state index contributed by atoms with van der Waals surface area (Å²) in [6.45, 7) is 8.79. The molecule has 1 aromatic carbocycles. The molecule has 0 aliphatic rings. The summed E-state index contributed by atoms with van der Waals surface area (Å²) < 4.78 is 9.99. The van der Waals surface area contributed by atoms with Gasteiger partial charge in [0, 0.05) is 19.3 Å². The Morgan fingerprint density at radius 1 is 0.968 bits per heavy atom. The number of hydrogen-bond acceptors (Lipinski definition) is 6. The molecule has 0 aliphatic heterocycles. The van der Waals surface area contributed by atoms with Crippen LogP contribution in [0, 0.1) is 5.92 Å². The van der Waals surface area contributed by atoms with Gasteiger partial charge in [0.15, 0.2) is 5.78 Å². The minimum absolute atomic E-state index is 0.0797. The highest BCUT2D eigenvalue weighted by molar-refractivity contribution is 5.91. The van der Waals surface area contributed by atoms with E-state index >= 15 is 0 Å². The average molecular weight is 435 g/mol. The highest BCUT2D eigenvalue weighted by atomic mass is 16.6. The van der Waals surface area contributed by atoms with Crippen LogP contribution in [0.3, 0.4) is 0 Å². The van der Waals surface area contributed by atoms with E-state index in [0.29, 0.717) is 0 Å². The highest BCUT2D eigenvalue weighted by Crippen LogP contribution is 2.11. The van der Waals surface area contributed by atoms with Crippen molar-refractivity contribution < 1.29 is 28.7 Å². The predicted octanol–water partition coefficient (Wildman–Crippen LogP) is 2.79. The van der Waals surface area contributed by atoms with Crippen molar-refractivity contribution in [2.45, 2.75) is 71.6 Å².